The van der Waals surface area contributed by atoms with Gasteiger partial charge in [0.2, 0.25) is 0 Å². The van der Waals surface area contributed by atoms with Gasteiger partial charge in [0, 0.05) is 17.5 Å². The summed E-state index contributed by atoms with van der Waals surface area (Å²) in [5.41, 5.74) is 9.85. The highest BCUT2D eigenvalue weighted by Gasteiger charge is 2.10. The van der Waals surface area contributed by atoms with Crippen LogP contribution in [0.5, 0.6) is 11.5 Å². The van der Waals surface area contributed by atoms with Crippen molar-refractivity contribution < 1.29 is 9.47 Å². The molecule has 34 heavy (non-hydrogen) atoms. The molecule has 3 aromatic rings. The van der Waals surface area contributed by atoms with Crippen LogP contribution in [-0.2, 0) is 13.0 Å². The first-order chi connectivity index (χ1) is 16.3. The zero-order chi connectivity index (χ0) is 24.5. The number of hydrogen-bond acceptors (Lipinski definition) is 3. The Bertz CT molecular complexity index is 1300. The first kappa shape index (κ1) is 25.1. The third-order valence-corrected chi connectivity index (χ3v) is 5.66. The lowest BCUT2D eigenvalue weighted by Crippen LogP contribution is -2.21. The van der Waals surface area contributed by atoms with Gasteiger partial charge in [-0.1, -0.05) is 60.7 Å². The molecular formula is C29H31ClN2O2. The second-order valence-electron chi connectivity index (χ2n) is 8.32. The van der Waals surface area contributed by atoms with Gasteiger partial charge in [-0.2, -0.15) is 0 Å². The van der Waals surface area contributed by atoms with Crippen LogP contribution in [0.2, 0.25) is 5.02 Å². The predicted molar refractivity (Wildman–Crippen MR) is 142 cm³/mol. The molecule has 0 radical (unpaired) electrons. The van der Waals surface area contributed by atoms with E-state index in [1.807, 2.05) is 74.5 Å². The summed E-state index contributed by atoms with van der Waals surface area (Å²) in [5.74, 6) is 1.62. The Labute approximate surface area is 206 Å². The topological polar surface area (TPSA) is 68.3 Å². The molecular weight excluding hydrogens is 444 g/mol. The Hall–Kier alpha value is -3.50. The number of nitrogens with one attached hydrogen (secondary N) is 1. The second kappa shape index (κ2) is 12.1. The lowest BCUT2D eigenvalue weighted by Gasteiger charge is -2.15. The van der Waals surface area contributed by atoms with Gasteiger partial charge in [-0.25, -0.2) is 0 Å². The van der Waals surface area contributed by atoms with Crippen LogP contribution in [0.25, 0.3) is 12.7 Å². The van der Waals surface area contributed by atoms with E-state index in [1.165, 1.54) is 0 Å². The lowest BCUT2D eigenvalue weighted by molar-refractivity contribution is 0.299. The zero-order valence-corrected chi connectivity index (χ0v) is 20.5. The number of nitrogens with two attached hydrogens (primary N) is 1. The summed E-state index contributed by atoms with van der Waals surface area (Å²) in [7, 11) is 0. The maximum Gasteiger partial charge on any atom is 0.123 e. The first-order valence-electron chi connectivity index (χ1n) is 11.2. The molecule has 0 fully saturated rings. The van der Waals surface area contributed by atoms with Crippen LogP contribution in [0, 0.1) is 12.3 Å². The molecule has 0 bridgehead atoms. The van der Waals surface area contributed by atoms with Crippen LogP contribution < -0.4 is 25.6 Å². The largest absolute Gasteiger partial charge is 0.489 e. The molecule has 0 atom stereocenters. The van der Waals surface area contributed by atoms with E-state index in [0.29, 0.717) is 36.8 Å². The number of aryl methyl sites for hydroxylation is 1. The van der Waals surface area contributed by atoms with Crippen molar-refractivity contribution in [2.45, 2.75) is 33.3 Å². The fourth-order valence-electron chi connectivity index (χ4n) is 3.58. The smallest absolute Gasteiger partial charge is 0.123 e. The molecule has 0 saturated heterocycles. The van der Waals surface area contributed by atoms with E-state index in [1.54, 1.807) is 0 Å². The molecule has 3 aromatic carbocycles. The highest BCUT2D eigenvalue weighted by Crippen LogP contribution is 2.25. The van der Waals surface area contributed by atoms with Crippen molar-refractivity contribution in [1.82, 2.24) is 0 Å². The number of benzene rings is 3. The number of halogens is 1. The highest BCUT2D eigenvalue weighted by molar-refractivity contribution is 6.30. The second-order valence-corrected chi connectivity index (χ2v) is 8.75. The fourth-order valence-corrected chi connectivity index (χ4v) is 3.87. The Morgan fingerprint density at radius 3 is 2.53 bits per heavy atom. The molecule has 0 spiro atoms. The Balaban J connectivity index is 1.65. The number of rotatable bonds is 10. The molecule has 0 aromatic heterocycles. The van der Waals surface area contributed by atoms with Gasteiger partial charge in [0.25, 0.3) is 0 Å². The van der Waals surface area contributed by atoms with Crippen molar-refractivity contribution in [2.24, 2.45) is 5.73 Å². The van der Waals surface area contributed by atoms with E-state index < -0.39 is 0 Å². The molecule has 0 heterocycles. The monoisotopic (exact) mass is 474 g/mol. The van der Waals surface area contributed by atoms with Gasteiger partial charge in [-0.15, -0.1) is 0 Å². The average molecular weight is 475 g/mol. The fraction of sp³-hybridized carbons (Fsp3) is 0.207. The Morgan fingerprint density at radius 2 is 1.79 bits per heavy atom. The number of ether oxygens (including phenoxy) is 2. The standard InChI is InChI=1S/C29H31ClN2O2/c1-20(11-12-23-8-5-4-7-21(23)2)18-33-26-9-6-10-27(17-26)34-19-24-16-25(30)15-22(3)28(24)13-14-29(31)32/h4-12,15-17H,2,13-14,18-19H2,1,3H3,(H3,31,32)/b20-11+,23-12-. The van der Waals surface area contributed by atoms with Crippen molar-refractivity contribution in [3.8, 4) is 11.5 Å². The number of allylic oxidation sites excluding steroid dienone is 1. The molecule has 0 unspecified atom stereocenters. The summed E-state index contributed by atoms with van der Waals surface area (Å²) < 4.78 is 12.0. The summed E-state index contributed by atoms with van der Waals surface area (Å²) in [5, 5.41) is 10.3. The van der Waals surface area contributed by atoms with Gasteiger partial charge < -0.3 is 15.2 Å². The van der Waals surface area contributed by atoms with Gasteiger partial charge in [-0.05, 0) is 77.2 Å². The first-order valence-corrected chi connectivity index (χ1v) is 11.6. The van der Waals surface area contributed by atoms with E-state index in [-0.39, 0.29) is 5.84 Å². The summed E-state index contributed by atoms with van der Waals surface area (Å²) >= 11 is 6.28. The normalized spacial score (nSPS) is 12.0. The Kier molecular flexibility index (Phi) is 8.94. The molecule has 0 amide bonds. The predicted octanol–water partition coefficient (Wildman–Crippen LogP) is 5.31. The van der Waals surface area contributed by atoms with E-state index >= 15 is 0 Å². The molecule has 5 heteroatoms. The van der Waals surface area contributed by atoms with Crippen LogP contribution in [0.3, 0.4) is 0 Å². The van der Waals surface area contributed by atoms with Crippen LogP contribution in [0.1, 0.15) is 30.0 Å². The van der Waals surface area contributed by atoms with Crippen molar-refractivity contribution >= 4 is 30.1 Å². The number of hydrogen-bond donors (Lipinski definition) is 2. The zero-order valence-electron chi connectivity index (χ0n) is 19.7. The molecule has 0 aliphatic carbocycles. The maximum atomic E-state index is 7.53. The molecule has 4 nitrogen and oxygen atoms in total. The lowest BCUT2D eigenvalue weighted by atomic mass is 9.98. The third-order valence-electron chi connectivity index (χ3n) is 5.44. The van der Waals surface area contributed by atoms with Crippen molar-refractivity contribution in [3.05, 3.63) is 104 Å². The van der Waals surface area contributed by atoms with Gasteiger partial charge in [0.15, 0.2) is 0 Å². The maximum absolute atomic E-state index is 7.53. The minimum atomic E-state index is 0.170. The van der Waals surface area contributed by atoms with Crippen LogP contribution in [0.4, 0.5) is 0 Å². The highest BCUT2D eigenvalue weighted by atomic mass is 35.5. The van der Waals surface area contributed by atoms with Gasteiger partial charge in [-0.3, -0.25) is 5.41 Å². The molecule has 176 valence electrons. The van der Waals surface area contributed by atoms with E-state index in [4.69, 9.17) is 32.2 Å². The molecule has 3 rings (SSSR count). The SMILES string of the molecule is C=c1cccc/c1=C/C=C(\C)COc1cccc(OCc2cc(Cl)cc(C)c2CCC(=N)N)c1. The molecule has 0 aliphatic heterocycles. The molecule has 0 aliphatic rings. The van der Waals surface area contributed by atoms with Crippen LogP contribution in [-0.4, -0.2) is 12.4 Å². The van der Waals surface area contributed by atoms with Crippen molar-refractivity contribution in [1.29, 1.82) is 5.41 Å². The van der Waals surface area contributed by atoms with E-state index in [2.05, 4.69) is 18.7 Å². The summed E-state index contributed by atoms with van der Waals surface area (Å²) in [4.78, 5) is 0. The summed E-state index contributed by atoms with van der Waals surface area (Å²) in [6, 6.07) is 19.5. The average Bonchev–Trinajstić information content (AvgIpc) is 2.80. The number of amidine groups is 1. The van der Waals surface area contributed by atoms with E-state index in [0.717, 1.165) is 38.5 Å². The minimum absolute atomic E-state index is 0.170. The van der Waals surface area contributed by atoms with Crippen molar-refractivity contribution in [3.63, 3.8) is 0 Å². The van der Waals surface area contributed by atoms with Crippen molar-refractivity contribution in [2.75, 3.05) is 6.61 Å². The minimum Gasteiger partial charge on any atom is -0.489 e. The van der Waals surface area contributed by atoms with Crippen LogP contribution in [0.15, 0.2) is 72.3 Å². The summed E-state index contributed by atoms with van der Waals surface area (Å²) in [6.07, 6.45) is 5.29. The van der Waals surface area contributed by atoms with E-state index in [9.17, 15) is 0 Å². The third kappa shape index (κ3) is 7.53. The van der Waals surface area contributed by atoms with Gasteiger partial charge in [0.1, 0.15) is 24.7 Å². The van der Waals surface area contributed by atoms with Gasteiger partial charge in [0.05, 0.1) is 5.84 Å². The van der Waals surface area contributed by atoms with Crippen LogP contribution >= 0.6 is 11.6 Å². The molecule has 0 saturated carbocycles. The van der Waals surface area contributed by atoms with Gasteiger partial charge >= 0.3 is 0 Å². The summed E-state index contributed by atoms with van der Waals surface area (Å²) in [6.45, 7) is 8.94. The Morgan fingerprint density at radius 1 is 1.06 bits per heavy atom. The quantitative estimate of drug-likeness (QED) is 0.309. The molecule has 3 N–H and O–H groups in total.